The first kappa shape index (κ1) is 25.3. The molecule has 190 valence electrons. The maximum atomic E-state index is 11.8. The summed E-state index contributed by atoms with van der Waals surface area (Å²) >= 11 is 0. The number of fused-ring (bicyclic) bond motifs is 5. The van der Waals surface area contributed by atoms with Crippen LogP contribution in [0.5, 0.6) is 0 Å². The summed E-state index contributed by atoms with van der Waals surface area (Å²) in [4.78, 5) is 13.3. The van der Waals surface area contributed by atoms with Crippen LogP contribution in [0.25, 0.3) is 0 Å². The molecule has 0 spiro atoms. The van der Waals surface area contributed by atoms with Gasteiger partial charge >= 0.3 is 6.09 Å². The van der Waals surface area contributed by atoms with Crippen LogP contribution in [0.2, 0.25) is 0 Å². The first-order valence-corrected chi connectivity index (χ1v) is 13.7. The van der Waals surface area contributed by atoms with Crippen molar-refractivity contribution in [3.05, 3.63) is 0 Å². The van der Waals surface area contributed by atoms with Gasteiger partial charge in [0.1, 0.15) is 0 Å². The van der Waals surface area contributed by atoms with Gasteiger partial charge in [-0.05, 0) is 104 Å². The fourth-order valence-corrected chi connectivity index (χ4v) is 9.59. The van der Waals surface area contributed by atoms with Crippen molar-refractivity contribution in [2.45, 2.75) is 97.7 Å². The molecule has 33 heavy (non-hydrogen) atoms. The molecule has 4 rings (SSSR count). The second-order valence-corrected chi connectivity index (χ2v) is 12.9. The lowest BCUT2D eigenvalue weighted by Gasteiger charge is -2.64. The predicted octanol–water partition coefficient (Wildman–Crippen LogP) is 5.34. The number of hydrogen-bond donors (Lipinski definition) is 2. The zero-order valence-corrected chi connectivity index (χ0v) is 21.9. The minimum Gasteiger partial charge on any atom is -0.449 e. The van der Waals surface area contributed by atoms with Gasteiger partial charge in [-0.2, -0.15) is 0 Å². The molecule has 0 radical (unpaired) electrons. The topological polar surface area (TPSA) is 70.0 Å². The summed E-state index contributed by atoms with van der Waals surface area (Å²) in [6.07, 6.45) is 9.09. The van der Waals surface area contributed by atoms with Crippen LogP contribution >= 0.6 is 0 Å². The van der Waals surface area contributed by atoms with Crippen molar-refractivity contribution in [3.63, 3.8) is 0 Å². The number of hydrogen-bond acceptors (Lipinski definition) is 4. The standard InChI is InChI=1S/C28H49NO4/c1-7-19-23-16-18(30)10-13-28(23,4)22-11-14-27(3)20(8-9-21(27)24(22)25(19)31)17(2)12-15-33-26(32)29(5)6/h17-25,30-31H,7-16H2,1-6H3/t17-,18-,19-,20?,21+,22+,23+,24+,25-,27-,28-/m1/s1. The van der Waals surface area contributed by atoms with Gasteiger partial charge in [-0.3, -0.25) is 0 Å². The molecule has 5 nitrogen and oxygen atoms in total. The van der Waals surface area contributed by atoms with Crippen LogP contribution < -0.4 is 0 Å². The summed E-state index contributed by atoms with van der Waals surface area (Å²) in [7, 11) is 3.45. The monoisotopic (exact) mass is 463 g/mol. The zero-order valence-electron chi connectivity index (χ0n) is 21.9. The minimum absolute atomic E-state index is 0.187. The van der Waals surface area contributed by atoms with Crippen LogP contribution in [0.3, 0.4) is 0 Å². The Labute approximate surface area is 201 Å². The highest BCUT2D eigenvalue weighted by molar-refractivity contribution is 5.66. The SMILES string of the molecule is CC[C@H]1[C@@H](O)[C@@H]2[C@H](CC[C@]3(C)C([C@H](C)CCOC(=O)N(C)C)CC[C@@H]23)[C@@]2(C)CC[C@@H](O)C[C@@H]12. The number of carbonyl (C=O) groups is 1. The van der Waals surface area contributed by atoms with Crippen LogP contribution in [0.4, 0.5) is 4.79 Å². The van der Waals surface area contributed by atoms with Crippen LogP contribution in [0.1, 0.15) is 85.5 Å². The lowest BCUT2D eigenvalue weighted by molar-refractivity contribution is -0.203. The van der Waals surface area contributed by atoms with Gasteiger partial charge in [0.25, 0.3) is 0 Å². The van der Waals surface area contributed by atoms with Gasteiger partial charge in [-0.15, -0.1) is 0 Å². The maximum absolute atomic E-state index is 11.8. The molecule has 5 heteroatoms. The molecule has 0 heterocycles. The summed E-state index contributed by atoms with van der Waals surface area (Å²) in [6, 6.07) is 0. The van der Waals surface area contributed by atoms with Crippen LogP contribution in [0, 0.1) is 52.3 Å². The maximum Gasteiger partial charge on any atom is 0.409 e. The Kier molecular flexibility index (Phi) is 7.15. The van der Waals surface area contributed by atoms with Gasteiger partial charge in [-0.1, -0.05) is 34.1 Å². The molecule has 0 aromatic rings. The lowest BCUT2D eigenvalue weighted by atomic mass is 9.41. The molecule has 4 aliphatic carbocycles. The van der Waals surface area contributed by atoms with E-state index in [4.69, 9.17) is 4.74 Å². The minimum atomic E-state index is -0.255. The third kappa shape index (κ3) is 4.13. The second-order valence-electron chi connectivity index (χ2n) is 12.9. The number of aliphatic hydroxyl groups excluding tert-OH is 2. The van der Waals surface area contributed by atoms with E-state index in [0.717, 1.165) is 32.1 Å². The van der Waals surface area contributed by atoms with E-state index in [1.54, 1.807) is 14.1 Å². The van der Waals surface area contributed by atoms with Gasteiger partial charge in [-0.25, -0.2) is 4.79 Å². The Morgan fingerprint density at radius 1 is 1.03 bits per heavy atom. The number of carbonyl (C=O) groups excluding carboxylic acids is 1. The molecular weight excluding hydrogens is 414 g/mol. The van der Waals surface area contributed by atoms with E-state index in [9.17, 15) is 15.0 Å². The fraction of sp³-hybridized carbons (Fsp3) is 0.964. The van der Waals surface area contributed by atoms with Gasteiger partial charge in [0.05, 0.1) is 18.8 Å². The van der Waals surface area contributed by atoms with Crippen molar-refractivity contribution in [3.8, 4) is 0 Å². The normalized spacial score (nSPS) is 47.8. The molecular formula is C28H49NO4. The Morgan fingerprint density at radius 2 is 1.70 bits per heavy atom. The number of ether oxygens (including phenoxy) is 1. The van der Waals surface area contributed by atoms with E-state index < -0.39 is 0 Å². The third-order valence-corrected chi connectivity index (χ3v) is 11.3. The average Bonchev–Trinajstić information content (AvgIpc) is 3.12. The number of rotatable bonds is 5. The quantitative estimate of drug-likeness (QED) is 0.578. The van der Waals surface area contributed by atoms with E-state index in [2.05, 4.69) is 27.7 Å². The third-order valence-electron chi connectivity index (χ3n) is 11.3. The van der Waals surface area contributed by atoms with Crippen molar-refractivity contribution in [1.82, 2.24) is 4.90 Å². The summed E-state index contributed by atoms with van der Waals surface area (Å²) in [5, 5.41) is 22.3. The van der Waals surface area contributed by atoms with Gasteiger partial charge < -0.3 is 19.8 Å². The molecule has 0 aromatic heterocycles. The molecule has 4 fully saturated rings. The molecule has 0 aromatic carbocycles. The van der Waals surface area contributed by atoms with Crippen LogP contribution in [-0.4, -0.2) is 54.1 Å². The Hall–Kier alpha value is -0.810. The molecule has 1 amide bonds. The van der Waals surface area contributed by atoms with E-state index in [1.807, 2.05) is 0 Å². The van der Waals surface area contributed by atoms with Crippen molar-refractivity contribution in [2.75, 3.05) is 20.7 Å². The molecule has 2 N–H and O–H groups in total. The fourth-order valence-electron chi connectivity index (χ4n) is 9.59. The molecule has 4 saturated carbocycles. The zero-order chi connectivity index (χ0) is 24.1. The van der Waals surface area contributed by atoms with Crippen molar-refractivity contribution < 1.29 is 19.7 Å². The van der Waals surface area contributed by atoms with E-state index >= 15 is 0 Å². The predicted molar refractivity (Wildman–Crippen MR) is 131 cm³/mol. The molecule has 0 saturated heterocycles. The Balaban J connectivity index is 1.52. The highest BCUT2D eigenvalue weighted by Crippen LogP contribution is 2.69. The van der Waals surface area contributed by atoms with Crippen molar-refractivity contribution in [1.29, 1.82) is 0 Å². The molecule has 11 atom stereocenters. The smallest absolute Gasteiger partial charge is 0.409 e. The second kappa shape index (κ2) is 9.33. The first-order valence-electron chi connectivity index (χ1n) is 13.7. The van der Waals surface area contributed by atoms with Crippen molar-refractivity contribution in [2.24, 2.45) is 52.3 Å². The molecule has 0 aliphatic heterocycles. The first-order chi connectivity index (χ1) is 15.5. The summed E-state index contributed by atoms with van der Waals surface area (Å²) in [5.74, 6) is 3.48. The highest BCUT2D eigenvalue weighted by Gasteiger charge is 2.64. The average molecular weight is 464 g/mol. The molecule has 4 aliphatic rings. The Bertz CT molecular complexity index is 712. The molecule has 0 bridgehead atoms. The number of amides is 1. The largest absolute Gasteiger partial charge is 0.449 e. The summed E-state index contributed by atoms with van der Waals surface area (Å²) in [6.45, 7) is 10.1. The van der Waals surface area contributed by atoms with E-state index in [1.165, 1.54) is 30.6 Å². The van der Waals surface area contributed by atoms with Crippen molar-refractivity contribution >= 4 is 6.09 Å². The number of aliphatic hydroxyl groups is 2. The highest BCUT2D eigenvalue weighted by atomic mass is 16.6. The summed E-state index contributed by atoms with van der Waals surface area (Å²) < 4.78 is 5.44. The van der Waals surface area contributed by atoms with Gasteiger partial charge in [0, 0.05) is 14.1 Å². The number of nitrogens with zero attached hydrogens (tertiary/aromatic N) is 1. The van der Waals surface area contributed by atoms with E-state index in [-0.39, 0.29) is 29.1 Å². The van der Waals surface area contributed by atoms with Gasteiger partial charge in [0.15, 0.2) is 0 Å². The summed E-state index contributed by atoms with van der Waals surface area (Å²) in [5.41, 5.74) is 0.526. The molecule has 1 unspecified atom stereocenters. The van der Waals surface area contributed by atoms with Crippen LogP contribution in [-0.2, 0) is 4.74 Å². The van der Waals surface area contributed by atoms with Gasteiger partial charge in [0.2, 0.25) is 0 Å². The Morgan fingerprint density at radius 3 is 2.36 bits per heavy atom. The van der Waals surface area contributed by atoms with Crippen LogP contribution in [0.15, 0.2) is 0 Å². The lowest BCUT2D eigenvalue weighted by Crippen LogP contribution is -2.62. The van der Waals surface area contributed by atoms with E-state index in [0.29, 0.717) is 48.0 Å².